The Labute approximate surface area is 80.1 Å². The monoisotopic (exact) mass is 184 g/mol. The van der Waals surface area contributed by atoms with E-state index in [4.69, 9.17) is 5.73 Å². The maximum Gasteiger partial charge on any atom is 0.217 e. The highest BCUT2D eigenvalue weighted by Crippen LogP contribution is 2.37. The zero-order valence-corrected chi connectivity index (χ0v) is 8.98. The molecular weight excluding hydrogens is 164 g/mol. The van der Waals surface area contributed by atoms with Crippen LogP contribution in [0.15, 0.2) is 0 Å². The van der Waals surface area contributed by atoms with Crippen LogP contribution in [0.3, 0.4) is 0 Å². The molecular formula is C10H20N2O. The minimum atomic E-state index is -0.197. The summed E-state index contributed by atoms with van der Waals surface area (Å²) in [6.45, 7) is 8.59. The Bertz CT molecular complexity index is 221. The lowest BCUT2D eigenvalue weighted by atomic mass is 9.84. The van der Waals surface area contributed by atoms with E-state index < -0.39 is 0 Å². The highest BCUT2D eigenvalue weighted by atomic mass is 16.1. The van der Waals surface area contributed by atoms with Gasteiger partial charge in [-0.2, -0.15) is 0 Å². The number of nitrogens with two attached hydrogens (primary N) is 1. The molecule has 3 nitrogen and oxygen atoms in total. The molecule has 0 spiro atoms. The summed E-state index contributed by atoms with van der Waals surface area (Å²) in [5, 5.41) is 3.52. The van der Waals surface area contributed by atoms with Crippen molar-refractivity contribution in [1.29, 1.82) is 0 Å². The fourth-order valence-corrected chi connectivity index (χ4v) is 2.47. The van der Waals surface area contributed by atoms with Crippen molar-refractivity contribution in [3.8, 4) is 0 Å². The third-order valence-electron chi connectivity index (χ3n) is 2.89. The Kier molecular flexibility index (Phi) is 2.41. The fourth-order valence-electron chi connectivity index (χ4n) is 2.47. The van der Waals surface area contributed by atoms with E-state index in [2.05, 4.69) is 33.0 Å². The van der Waals surface area contributed by atoms with Crippen molar-refractivity contribution < 1.29 is 4.79 Å². The number of primary amides is 1. The van der Waals surface area contributed by atoms with Crippen molar-refractivity contribution >= 4 is 5.91 Å². The summed E-state index contributed by atoms with van der Waals surface area (Å²) in [6, 6.07) is 0. The number of amides is 1. The fraction of sp³-hybridized carbons (Fsp3) is 0.900. The molecule has 1 aliphatic heterocycles. The van der Waals surface area contributed by atoms with Crippen LogP contribution in [0.4, 0.5) is 0 Å². The first-order chi connectivity index (χ1) is 5.73. The highest BCUT2D eigenvalue weighted by Gasteiger charge is 2.44. The van der Waals surface area contributed by atoms with Gasteiger partial charge in [-0.3, -0.25) is 4.79 Å². The predicted molar refractivity (Wildman–Crippen MR) is 53.2 cm³/mol. The second-order valence-corrected chi connectivity index (χ2v) is 5.30. The molecule has 1 amide bonds. The van der Waals surface area contributed by atoms with Gasteiger partial charge in [-0.05, 0) is 40.0 Å². The van der Waals surface area contributed by atoms with Gasteiger partial charge in [0.1, 0.15) is 0 Å². The molecule has 1 rings (SSSR count). The molecule has 1 atom stereocenters. The number of hydrogen-bond acceptors (Lipinski definition) is 2. The van der Waals surface area contributed by atoms with E-state index in [0.717, 1.165) is 6.42 Å². The van der Waals surface area contributed by atoms with Crippen LogP contribution >= 0.6 is 0 Å². The summed E-state index contributed by atoms with van der Waals surface area (Å²) in [4.78, 5) is 10.8. The first-order valence-electron chi connectivity index (χ1n) is 4.81. The molecule has 0 bridgehead atoms. The molecule has 0 saturated carbocycles. The van der Waals surface area contributed by atoms with E-state index in [1.807, 2.05) is 0 Å². The van der Waals surface area contributed by atoms with Gasteiger partial charge in [-0.15, -0.1) is 0 Å². The number of hydrogen-bond donors (Lipinski definition) is 2. The first-order valence-corrected chi connectivity index (χ1v) is 4.81. The Morgan fingerprint density at radius 3 is 2.31 bits per heavy atom. The zero-order valence-electron chi connectivity index (χ0n) is 8.98. The Morgan fingerprint density at radius 2 is 2.00 bits per heavy atom. The van der Waals surface area contributed by atoms with Crippen molar-refractivity contribution in [2.45, 2.75) is 51.6 Å². The van der Waals surface area contributed by atoms with Gasteiger partial charge in [0.15, 0.2) is 0 Å². The Morgan fingerprint density at radius 1 is 1.46 bits per heavy atom. The third kappa shape index (κ3) is 2.44. The second kappa shape index (κ2) is 2.98. The van der Waals surface area contributed by atoms with Gasteiger partial charge in [0, 0.05) is 17.5 Å². The van der Waals surface area contributed by atoms with Gasteiger partial charge in [0.05, 0.1) is 0 Å². The minimum absolute atomic E-state index is 0.0263. The van der Waals surface area contributed by atoms with Crippen LogP contribution in [0.2, 0.25) is 0 Å². The first kappa shape index (κ1) is 10.5. The van der Waals surface area contributed by atoms with E-state index in [0.29, 0.717) is 12.3 Å². The second-order valence-electron chi connectivity index (χ2n) is 5.30. The van der Waals surface area contributed by atoms with Crippen LogP contribution in [-0.2, 0) is 4.79 Å². The van der Waals surface area contributed by atoms with E-state index in [-0.39, 0.29) is 17.0 Å². The number of carbonyl (C=O) groups excluding carboxylic acids is 1. The summed E-state index contributed by atoms with van der Waals surface area (Å²) in [5.41, 5.74) is 5.37. The molecule has 3 N–H and O–H groups in total. The summed E-state index contributed by atoms with van der Waals surface area (Å²) in [5.74, 6) is 0.164. The lowest BCUT2D eigenvalue weighted by Gasteiger charge is -2.27. The quantitative estimate of drug-likeness (QED) is 0.673. The maximum atomic E-state index is 10.8. The summed E-state index contributed by atoms with van der Waals surface area (Å²) in [7, 11) is 0. The van der Waals surface area contributed by atoms with Gasteiger partial charge in [-0.1, -0.05) is 0 Å². The molecule has 1 unspecified atom stereocenters. The van der Waals surface area contributed by atoms with Crippen LogP contribution in [0.5, 0.6) is 0 Å². The van der Waals surface area contributed by atoms with Crippen LogP contribution < -0.4 is 11.1 Å². The summed E-state index contributed by atoms with van der Waals surface area (Å²) in [6.07, 6.45) is 1.51. The minimum Gasteiger partial charge on any atom is -0.370 e. The zero-order chi connectivity index (χ0) is 10.3. The van der Waals surface area contributed by atoms with Crippen molar-refractivity contribution in [3.05, 3.63) is 0 Å². The molecule has 1 fully saturated rings. The molecule has 1 heterocycles. The smallest absolute Gasteiger partial charge is 0.217 e. The normalized spacial score (nSPS) is 30.3. The average molecular weight is 184 g/mol. The van der Waals surface area contributed by atoms with Gasteiger partial charge < -0.3 is 11.1 Å². The standard InChI is InChI=1S/C10H20N2O/c1-9(2)6-7(5-8(11)13)10(3,4)12-9/h7,12H,5-6H2,1-4H3,(H2,11,13). The lowest BCUT2D eigenvalue weighted by Crippen LogP contribution is -2.45. The van der Waals surface area contributed by atoms with E-state index in [9.17, 15) is 4.79 Å². The highest BCUT2D eigenvalue weighted by molar-refractivity contribution is 5.74. The molecule has 0 aromatic carbocycles. The Hall–Kier alpha value is -0.570. The summed E-state index contributed by atoms with van der Waals surface area (Å²) >= 11 is 0. The molecule has 1 aliphatic rings. The molecule has 0 aromatic rings. The van der Waals surface area contributed by atoms with Gasteiger partial charge in [0.2, 0.25) is 5.91 Å². The topological polar surface area (TPSA) is 55.1 Å². The van der Waals surface area contributed by atoms with Gasteiger partial charge in [-0.25, -0.2) is 0 Å². The Balaban J connectivity index is 2.70. The molecule has 0 aliphatic carbocycles. The number of carbonyl (C=O) groups is 1. The predicted octanol–water partition coefficient (Wildman–Crippen LogP) is 1.03. The SMILES string of the molecule is CC1(C)CC(CC(N)=O)C(C)(C)N1. The van der Waals surface area contributed by atoms with Crippen molar-refractivity contribution in [2.24, 2.45) is 11.7 Å². The maximum absolute atomic E-state index is 10.8. The molecule has 13 heavy (non-hydrogen) atoms. The number of nitrogens with one attached hydrogen (secondary N) is 1. The van der Waals surface area contributed by atoms with Crippen molar-refractivity contribution in [2.75, 3.05) is 0 Å². The van der Waals surface area contributed by atoms with Crippen LogP contribution in [-0.4, -0.2) is 17.0 Å². The van der Waals surface area contributed by atoms with Crippen molar-refractivity contribution in [1.82, 2.24) is 5.32 Å². The third-order valence-corrected chi connectivity index (χ3v) is 2.89. The van der Waals surface area contributed by atoms with Gasteiger partial charge in [0.25, 0.3) is 0 Å². The van der Waals surface area contributed by atoms with Crippen LogP contribution in [0.25, 0.3) is 0 Å². The molecule has 1 saturated heterocycles. The van der Waals surface area contributed by atoms with E-state index in [1.165, 1.54) is 0 Å². The lowest BCUT2D eigenvalue weighted by molar-refractivity contribution is -0.119. The van der Waals surface area contributed by atoms with Crippen molar-refractivity contribution in [3.63, 3.8) is 0 Å². The molecule has 76 valence electrons. The van der Waals surface area contributed by atoms with Crippen LogP contribution in [0, 0.1) is 5.92 Å². The van der Waals surface area contributed by atoms with Gasteiger partial charge >= 0.3 is 0 Å². The van der Waals surface area contributed by atoms with E-state index in [1.54, 1.807) is 0 Å². The molecule has 3 heteroatoms. The molecule has 0 radical (unpaired) electrons. The number of rotatable bonds is 2. The largest absolute Gasteiger partial charge is 0.370 e. The summed E-state index contributed by atoms with van der Waals surface area (Å²) < 4.78 is 0. The van der Waals surface area contributed by atoms with E-state index >= 15 is 0 Å². The van der Waals surface area contributed by atoms with Crippen LogP contribution in [0.1, 0.15) is 40.5 Å². The average Bonchev–Trinajstić information content (AvgIpc) is 1.98. The molecule has 0 aromatic heterocycles.